The number of ether oxygens (including phenoxy) is 2. The van der Waals surface area contributed by atoms with Crippen molar-refractivity contribution >= 4 is 5.78 Å². The number of aliphatic hydroxyl groups is 1. The summed E-state index contributed by atoms with van der Waals surface area (Å²) in [6.45, 7) is 10.5. The quantitative estimate of drug-likeness (QED) is 0.739. The molecule has 27 heavy (non-hydrogen) atoms. The number of β-amino-alcohol motifs (C(OH)–C–C–N with tert-alkyl or cyclic N) is 1. The number of likely N-dealkylation sites (tertiary alicyclic amines) is 1. The molecule has 0 spiro atoms. The van der Waals surface area contributed by atoms with Gasteiger partial charge in [0.1, 0.15) is 12.7 Å². The number of carbonyl (C=O) groups is 1. The molecule has 3 unspecified atom stereocenters. The van der Waals surface area contributed by atoms with Gasteiger partial charge in [0.05, 0.1) is 7.11 Å². The first kappa shape index (κ1) is 20.2. The van der Waals surface area contributed by atoms with E-state index < -0.39 is 6.10 Å². The molecule has 2 bridgehead atoms. The monoisotopic (exact) mass is 375 g/mol. The van der Waals surface area contributed by atoms with Gasteiger partial charge < -0.3 is 14.6 Å². The average Bonchev–Trinajstić information content (AvgIpc) is 2.80. The zero-order valence-corrected chi connectivity index (χ0v) is 17.2. The lowest BCUT2D eigenvalue weighted by Crippen LogP contribution is -2.39. The van der Waals surface area contributed by atoms with Crippen molar-refractivity contribution in [2.45, 2.75) is 59.1 Å². The molecule has 150 valence electrons. The number of ketones is 1. The number of carbonyl (C=O) groups excluding carboxylic acids is 1. The first-order valence-corrected chi connectivity index (χ1v) is 9.85. The van der Waals surface area contributed by atoms with Crippen molar-refractivity contribution in [2.24, 2.45) is 10.8 Å². The average molecular weight is 376 g/mol. The van der Waals surface area contributed by atoms with Crippen LogP contribution in [-0.2, 0) is 0 Å². The molecule has 1 aromatic carbocycles. The fourth-order valence-electron chi connectivity index (χ4n) is 5.31. The predicted molar refractivity (Wildman–Crippen MR) is 106 cm³/mol. The van der Waals surface area contributed by atoms with Crippen molar-refractivity contribution in [3.63, 3.8) is 0 Å². The molecule has 1 aliphatic carbocycles. The molecular weight excluding hydrogens is 342 g/mol. The van der Waals surface area contributed by atoms with Gasteiger partial charge in [-0.25, -0.2) is 0 Å². The second-order valence-electron chi connectivity index (χ2n) is 9.53. The van der Waals surface area contributed by atoms with Crippen LogP contribution in [0, 0.1) is 10.8 Å². The third-order valence-corrected chi connectivity index (χ3v) is 5.97. The van der Waals surface area contributed by atoms with E-state index >= 15 is 0 Å². The van der Waals surface area contributed by atoms with E-state index in [-0.39, 0.29) is 12.4 Å². The summed E-state index contributed by atoms with van der Waals surface area (Å²) in [4.78, 5) is 13.9. The number of aliphatic hydroxyl groups excluding tert-OH is 1. The van der Waals surface area contributed by atoms with Gasteiger partial charge in [-0.2, -0.15) is 0 Å². The Hall–Kier alpha value is -1.59. The minimum atomic E-state index is -0.562. The molecule has 1 aliphatic heterocycles. The smallest absolute Gasteiger partial charge is 0.161 e. The first-order valence-electron chi connectivity index (χ1n) is 9.85. The van der Waals surface area contributed by atoms with E-state index in [1.165, 1.54) is 26.2 Å². The van der Waals surface area contributed by atoms with Crippen LogP contribution in [0.15, 0.2) is 18.2 Å². The summed E-state index contributed by atoms with van der Waals surface area (Å²) in [5.74, 6) is 1.05. The lowest BCUT2D eigenvalue weighted by atomic mass is 9.65. The van der Waals surface area contributed by atoms with Gasteiger partial charge in [0.15, 0.2) is 17.3 Å². The van der Waals surface area contributed by atoms with Gasteiger partial charge in [-0.3, -0.25) is 9.69 Å². The molecule has 0 aromatic heterocycles. The van der Waals surface area contributed by atoms with Gasteiger partial charge in [-0.05, 0) is 55.2 Å². The molecular formula is C22H33NO4. The summed E-state index contributed by atoms with van der Waals surface area (Å²) >= 11 is 0. The van der Waals surface area contributed by atoms with E-state index in [0.717, 1.165) is 6.54 Å². The van der Waals surface area contributed by atoms with Gasteiger partial charge >= 0.3 is 0 Å². The standard InChI is InChI=1S/C22H33NO4/c1-15(24)16-6-7-19(20(8-16)26-5)27-12-18(25)11-23-14-22(4)10-17(23)9-21(2,3)13-22/h6-8,17-18,25H,9-14H2,1-5H3. The molecule has 3 rings (SSSR count). The number of methoxy groups -OCH3 is 1. The molecule has 5 nitrogen and oxygen atoms in total. The van der Waals surface area contributed by atoms with Crippen LogP contribution >= 0.6 is 0 Å². The van der Waals surface area contributed by atoms with E-state index in [9.17, 15) is 9.90 Å². The lowest BCUT2D eigenvalue weighted by Gasteiger charge is -2.40. The van der Waals surface area contributed by atoms with Crippen molar-refractivity contribution in [3.05, 3.63) is 23.8 Å². The summed E-state index contributed by atoms with van der Waals surface area (Å²) in [7, 11) is 1.55. The highest BCUT2D eigenvalue weighted by Gasteiger charge is 2.49. The minimum Gasteiger partial charge on any atom is -0.493 e. The van der Waals surface area contributed by atoms with Crippen LogP contribution in [0.4, 0.5) is 0 Å². The second kappa shape index (κ2) is 7.44. The summed E-state index contributed by atoms with van der Waals surface area (Å²) in [6, 6.07) is 5.68. The Morgan fingerprint density at radius 1 is 1.30 bits per heavy atom. The normalized spacial score (nSPS) is 28.0. The Labute approximate surface area is 162 Å². The predicted octanol–water partition coefficient (Wildman–Crippen LogP) is 3.54. The Morgan fingerprint density at radius 3 is 2.70 bits per heavy atom. The van der Waals surface area contributed by atoms with Crippen molar-refractivity contribution in [2.75, 3.05) is 26.8 Å². The molecule has 1 N–H and O–H groups in total. The minimum absolute atomic E-state index is 0.0172. The van der Waals surface area contributed by atoms with Crippen LogP contribution in [0.25, 0.3) is 0 Å². The van der Waals surface area contributed by atoms with Crippen molar-refractivity contribution in [1.29, 1.82) is 0 Å². The van der Waals surface area contributed by atoms with Crippen molar-refractivity contribution in [1.82, 2.24) is 4.90 Å². The number of Topliss-reactive ketones (excluding diaryl/α,β-unsaturated/α-hetero) is 1. The zero-order chi connectivity index (χ0) is 19.8. The zero-order valence-electron chi connectivity index (χ0n) is 17.2. The number of hydrogen-bond acceptors (Lipinski definition) is 5. The SMILES string of the molecule is COc1cc(C(C)=O)ccc1OCC(O)CN1CC2(C)CC1CC(C)(C)C2. The van der Waals surface area contributed by atoms with E-state index in [1.54, 1.807) is 25.3 Å². The van der Waals surface area contributed by atoms with Gasteiger partial charge in [0.2, 0.25) is 0 Å². The van der Waals surface area contributed by atoms with Gasteiger partial charge in [-0.15, -0.1) is 0 Å². The third-order valence-electron chi connectivity index (χ3n) is 5.97. The van der Waals surface area contributed by atoms with Crippen molar-refractivity contribution in [3.8, 4) is 11.5 Å². The Kier molecular flexibility index (Phi) is 5.55. The van der Waals surface area contributed by atoms with Crippen LogP contribution in [0.5, 0.6) is 11.5 Å². The summed E-state index contributed by atoms with van der Waals surface area (Å²) in [5, 5.41) is 10.5. The maximum Gasteiger partial charge on any atom is 0.161 e. The fraction of sp³-hybridized carbons (Fsp3) is 0.682. The highest BCUT2D eigenvalue weighted by molar-refractivity contribution is 5.94. The highest BCUT2D eigenvalue weighted by atomic mass is 16.5. The van der Waals surface area contributed by atoms with E-state index in [2.05, 4.69) is 25.7 Å². The number of rotatable bonds is 7. The summed E-state index contributed by atoms with van der Waals surface area (Å²) in [5.41, 5.74) is 1.32. The second-order valence-corrected chi connectivity index (χ2v) is 9.53. The van der Waals surface area contributed by atoms with Crippen LogP contribution < -0.4 is 9.47 Å². The topological polar surface area (TPSA) is 59.0 Å². The number of hydrogen-bond donors (Lipinski definition) is 1. The molecule has 0 radical (unpaired) electrons. The molecule has 0 amide bonds. The van der Waals surface area contributed by atoms with Crippen LogP contribution in [0.3, 0.4) is 0 Å². The lowest BCUT2D eigenvalue weighted by molar-refractivity contribution is 0.0576. The maximum absolute atomic E-state index is 11.5. The molecule has 1 saturated carbocycles. The molecule has 1 saturated heterocycles. The van der Waals surface area contributed by atoms with Crippen LogP contribution in [0.2, 0.25) is 0 Å². The van der Waals surface area contributed by atoms with Crippen LogP contribution in [-0.4, -0.2) is 54.7 Å². The molecule has 5 heteroatoms. The first-order chi connectivity index (χ1) is 12.6. The van der Waals surface area contributed by atoms with Gasteiger partial charge in [0.25, 0.3) is 0 Å². The number of nitrogens with zero attached hydrogens (tertiary/aromatic N) is 1. The number of fused-ring (bicyclic) bond motifs is 2. The molecule has 1 heterocycles. The largest absolute Gasteiger partial charge is 0.493 e. The van der Waals surface area contributed by atoms with Gasteiger partial charge in [-0.1, -0.05) is 20.8 Å². The Morgan fingerprint density at radius 2 is 2.04 bits per heavy atom. The molecule has 3 atom stereocenters. The maximum atomic E-state index is 11.5. The Balaban J connectivity index is 1.58. The third kappa shape index (κ3) is 4.64. The Bertz CT molecular complexity index is 702. The van der Waals surface area contributed by atoms with E-state index in [0.29, 0.717) is 40.5 Å². The van der Waals surface area contributed by atoms with E-state index in [4.69, 9.17) is 9.47 Å². The molecule has 2 aliphatic rings. The van der Waals surface area contributed by atoms with Crippen molar-refractivity contribution < 1.29 is 19.4 Å². The highest BCUT2D eigenvalue weighted by Crippen LogP contribution is 2.52. The number of benzene rings is 1. The fourth-order valence-corrected chi connectivity index (χ4v) is 5.31. The molecule has 1 aromatic rings. The van der Waals surface area contributed by atoms with Crippen LogP contribution in [0.1, 0.15) is 57.3 Å². The summed E-state index contributed by atoms with van der Waals surface area (Å²) in [6.07, 6.45) is 3.10. The molecule has 2 fully saturated rings. The summed E-state index contributed by atoms with van der Waals surface area (Å²) < 4.78 is 11.1. The van der Waals surface area contributed by atoms with E-state index in [1.807, 2.05) is 0 Å². The van der Waals surface area contributed by atoms with Gasteiger partial charge in [0, 0.05) is 24.7 Å².